The van der Waals surface area contributed by atoms with E-state index in [9.17, 15) is 14.9 Å². The van der Waals surface area contributed by atoms with Crippen LogP contribution in [0.1, 0.15) is 24.2 Å². The molecule has 2 aromatic rings. The summed E-state index contributed by atoms with van der Waals surface area (Å²) in [5.41, 5.74) is 1.13. The number of hydrogen-bond donors (Lipinski definition) is 1. The first-order valence-corrected chi connectivity index (χ1v) is 8.21. The molecular formula is C17H20N4O4. The number of likely N-dealkylation sites (tertiary alicyclic amines) is 1. The van der Waals surface area contributed by atoms with E-state index in [2.05, 4.69) is 15.4 Å². The Bertz CT molecular complexity index is 748. The van der Waals surface area contributed by atoms with Gasteiger partial charge in [0.2, 0.25) is 5.91 Å². The van der Waals surface area contributed by atoms with E-state index in [1.165, 1.54) is 12.1 Å². The zero-order valence-electron chi connectivity index (χ0n) is 14.0. The third-order valence-electron chi connectivity index (χ3n) is 4.39. The van der Waals surface area contributed by atoms with Crippen molar-refractivity contribution in [3.63, 3.8) is 0 Å². The van der Waals surface area contributed by atoms with Crippen molar-refractivity contribution in [1.29, 1.82) is 0 Å². The molecular weight excluding hydrogens is 324 g/mol. The van der Waals surface area contributed by atoms with Crippen LogP contribution in [0.3, 0.4) is 0 Å². The molecule has 0 unspecified atom stereocenters. The van der Waals surface area contributed by atoms with E-state index < -0.39 is 4.92 Å². The van der Waals surface area contributed by atoms with Crippen LogP contribution in [0.5, 0.6) is 0 Å². The highest BCUT2D eigenvalue weighted by atomic mass is 16.6. The lowest BCUT2D eigenvalue weighted by molar-refractivity contribution is -0.384. The monoisotopic (exact) mass is 344 g/mol. The fourth-order valence-electron chi connectivity index (χ4n) is 2.99. The predicted octanol–water partition coefficient (Wildman–Crippen LogP) is 2.74. The van der Waals surface area contributed by atoms with E-state index in [4.69, 9.17) is 4.52 Å². The van der Waals surface area contributed by atoms with Crippen molar-refractivity contribution in [3.05, 3.63) is 51.8 Å². The second kappa shape index (κ2) is 7.43. The maximum atomic E-state index is 12.3. The molecule has 8 nitrogen and oxygen atoms in total. The third-order valence-corrected chi connectivity index (χ3v) is 4.39. The number of non-ortho nitro benzene ring substituents is 1. The van der Waals surface area contributed by atoms with Gasteiger partial charge in [-0.2, -0.15) is 0 Å². The molecule has 0 radical (unpaired) electrons. The van der Waals surface area contributed by atoms with Crippen molar-refractivity contribution in [2.24, 2.45) is 5.92 Å². The van der Waals surface area contributed by atoms with Gasteiger partial charge in [0.05, 0.1) is 4.92 Å². The molecule has 8 heteroatoms. The largest absolute Gasteiger partial charge is 0.360 e. The lowest BCUT2D eigenvalue weighted by atomic mass is 9.95. The van der Waals surface area contributed by atoms with Crippen LogP contribution in [0.25, 0.3) is 0 Å². The summed E-state index contributed by atoms with van der Waals surface area (Å²) >= 11 is 0. The molecule has 1 aromatic heterocycles. The molecule has 132 valence electrons. The quantitative estimate of drug-likeness (QED) is 0.661. The number of aryl methyl sites for hydroxylation is 1. The Morgan fingerprint density at radius 1 is 1.36 bits per heavy atom. The highest BCUT2D eigenvalue weighted by Crippen LogP contribution is 2.21. The Hall–Kier alpha value is -2.74. The first-order valence-electron chi connectivity index (χ1n) is 8.21. The molecule has 1 aromatic carbocycles. The van der Waals surface area contributed by atoms with Crippen molar-refractivity contribution < 1.29 is 14.2 Å². The van der Waals surface area contributed by atoms with E-state index in [1.807, 2.05) is 0 Å². The molecule has 1 saturated heterocycles. The van der Waals surface area contributed by atoms with Gasteiger partial charge in [0.25, 0.3) is 5.69 Å². The van der Waals surface area contributed by atoms with Gasteiger partial charge in [0.15, 0.2) is 5.82 Å². The molecule has 3 rings (SSSR count). The summed E-state index contributed by atoms with van der Waals surface area (Å²) in [6.45, 7) is 4.13. The number of hydrogen-bond acceptors (Lipinski definition) is 6. The molecule has 0 bridgehead atoms. The molecule has 0 spiro atoms. The number of nitro groups is 1. The molecule has 0 aliphatic carbocycles. The number of rotatable bonds is 5. The molecule has 1 fully saturated rings. The van der Waals surface area contributed by atoms with E-state index >= 15 is 0 Å². The summed E-state index contributed by atoms with van der Waals surface area (Å²) in [6.07, 6.45) is 1.55. The van der Waals surface area contributed by atoms with Crippen molar-refractivity contribution >= 4 is 17.4 Å². The second-order valence-electron chi connectivity index (χ2n) is 6.29. The zero-order chi connectivity index (χ0) is 17.8. The minimum Gasteiger partial charge on any atom is -0.360 e. The summed E-state index contributed by atoms with van der Waals surface area (Å²) in [5.74, 6) is 1.05. The molecule has 25 heavy (non-hydrogen) atoms. The summed E-state index contributed by atoms with van der Waals surface area (Å²) in [6, 6.07) is 8.31. The summed E-state index contributed by atoms with van der Waals surface area (Å²) < 4.78 is 4.94. The van der Waals surface area contributed by atoms with E-state index in [-0.39, 0.29) is 17.5 Å². The van der Waals surface area contributed by atoms with Crippen LogP contribution in [0.4, 0.5) is 11.5 Å². The lowest BCUT2D eigenvalue weighted by Gasteiger charge is -2.31. The molecule has 1 amide bonds. The Labute approximate surface area is 144 Å². The summed E-state index contributed by atoms with van der Waals surface area (Å²) in [7, 11) is 0. The molecule has 1 N–H and O–H groups in total. The minimum atomic E-state index is -0.399. The number of nitrogens with one attached hydrogen (secondary N) is 1. The molecule has 1 aliphatic heterocycles. The number of carbonyl (C=O) groups is 1. The highest BCUT2D eigenvalue weighted by molar-refractivity contribution is 5.91. The van der Waals surface area contributed by atoms with Crippen LogP contribution in [0.2, 0.25) is 0 Å². The second-order valence-corrected chi connectivity index (χ2v) is 6.29. The maximum Gasteiger partial charge on any atom is 0.269 e. The Balaban J connectivity index is 1.48. The van der Waals surface area contributed by atoms with E-state index in [0.717, 1.165) is 38.0 Å². The van der Waals surface area contributed by atoms with Crippen LogP contribution in [0, 0.1) is 23.0 Å². The fourth-order valence-corrected chi connectivity index (χ4v) is 2.99. The van der Waals surface area contributed by atoms with Gasteiger partial charge in [-0.05, 0) is 38.4 Å². The number of nitro benzene ring substituents is 1. The number of piperidine rings is 1. The fraction of sp³-hybridized carbons (Fsp3) is 0.412. The lowest BCUT2D eigenvalue weighted by Crippen LogP contribution is -2.37. The summed E-state index contributed by atoms with van der Waals surface area (Å²) in [4.78, 5) is 24.8. The predicted molar refractivity (Wildman–Crippen MR) is 91.0 cm³/mol. The number of nitrogens with zero attached hydrogens (tertiary/aromatic N) is 3. The van der Waals surface area contributed by atoms with Crippen molar-refractivity contribution in [2.75, 3.05) is 18.4 Å². The number of aromatic nitrogens is 1. The van der Waals surface area contributed by atoms with Gasteiger partial charge < -0.3 is 9.84 Å². The Morgan fingerprint density at radius 2 is 2.04 bits per heavy atom. The standard InChI is InChI=1S/C17H20N4O4/c1-12-10-16(19-25-12)18-17(22)14-6-8-20(9-7-14)11-13-2-4-15(5-3-13)21(23)24/h2-5,10,14H,6-9,11H2,1H3,(H,18,19,22). The van der Waals surface area contributed by atoms with Crippen LogP contribution in [0.15, 0.2) is 34.9 Å². The molecule has 0 saturated carbocycles. The van der Waals surface area contributed by atoms with Gasteiger partial charge in [-0.25, -0.2) is 0 Å². The Morgan fingerprint density at radius 3 is 2.60 bits per heavy atom. The highest BCUT2D eigenvalue weighted by Gasteiger charge is 2.25. The van der Waals surface area contributed by atoms with Crippen LogP contribution < -0.4 is 5.32 Å². The molecule has 1 aliphatic rings. The number of anilines is 1. The molecule has 2 heterocycles. The topological polar surface area (TPSA) is 102 Å². The van der Waals surface area contributed by atoms with Crippen molar-refractivity contribution in [1.82, 2.24) is 10.1 Å². The first kappa shape index (κ1) is 17.1. The zero-order valence-corrected chi connectivity index (χ0v) is 14.0. The van der Waals surface area contributed by atoms with Crippen LogP contribution in [-0.2, 0) is 11.3 Å². The normalized spacial score (nSPS) is 15.9. The minimum absolute atomic E-state index is 0.0247. The van der Waals surface area contributed by atoms with Gasteiger partial charge >= 0.3 is 0 Å². The van der Waals surface area contributed by atoms with Gasteiger partial charge in [-0.15, -0.1) is 0 Å². The number of benzene rings is 1. The van der Waals surface area contributed by atoms with Gasteiger partial charge in [0.1, 0.15) is 5.76 Å². The first-order chi connectivity index (χ1) is 12.0. The molecule has 0 atom stereocenters. The Kier molecular flexibility index (Phi) is 5.08. The summed E-state index contributed by atoms with van der Waals surface area (Å²) in [5, 5.41) is 17.2. The smallest absolute Gasteiger partial charge is 0.269 e. The van der Waals surface area contributed by atoms with Gasteiger partial charge in [0, 0.05) is 30.7 Å². The van der Waals surface area contributed by atoms with Crippen molar-refractivity contribution in [2.45, 2.75) is 26.3 Å². The SMILES string of the molecule is Cc1cc(NC(=O)C2CCN(Cc3ccc([N+](=O)[O-])cc3)CC2)no1. The van der Waals surface area contributed by atoms with Crippen molar-refractivity contribution in [3.8, 4) is 0 Å². The average Bonchev–Trinajstić information content (AvgIpc) is 3.01. The van der Waals surface area contributed by atoms with Gasteiger partial charge in [-0.3, -0.25) is 19.8 Å². The number of carbonyl (C=O) groups excluding carboxylic acids is 1. The van der Waals surface area contributed by atoms with E-state index in [1.54, 1.807) is 25.1 Å². The number of amides is 1. The van der Waals surface area contributed by atoms with Crippen LogP contribution in [-0.4, -0.2) is 34.0 Å². The average molecular weight is 344 g/mol. The van der Waals surface area contributed by atoms with Gasteiger partial charge in [-0.1, -0.05) is 17.3 Å². The van der Waals surface area contributed by atoms with Crippen LogP contribution >= 0.6 is 0 Å². The van der Waals surface area contributed by atoms with E-state index in [0.29, 0.717) is 11.6 Å². The third kappa shape index (κ3) is 4.42. The maximum absolute atomic E-state index is 12.3.